The number of benzene rings is 1. The SMILES string of the molecule is CCCC(C)C(/C=C(\C)Nc1ccccc1)=NC. The van der Waals surface area contributed by atoms with Gasteiger partial charge >= 0.3 is 0 Å². The van der Waals surface area contributed by atoms with Crippen molar-refractivity contribution < 1.29 is 0 Å². The summed E-state index contributed by atoms with van der Waals surface area (Å²) in [6.07, 6.45) is 4.52. The molecule has 1 rings (SSSR count). The van der Waals surface area contributed by atoms with E-state index in [2.05, 4.69) is 49.3 Å². The minimum atomic E-state index is 0.521. The summed E-state index contributed by atoms with van der Waals surface area (Å²) >= 11 is 0. The highest BCUT2D eigenvalue weighted by Gasteiger charge is 2.06. The van der Waals surface area contributed by atoms with Gasteiger partial charge in [-0.1, -0.05) is 38.5 Å². The van der Waals surface area contributed by atoms with Crippen LogP contribution in [0.15, 0.2) is 47.1 Å². The van der Waals surface area contributed by atoms with Gasteiger partial charge < -0.3 is 5.32 Å². The molecule has 0 spiro atoms. The van der Waals surface area contributed by atoms with Crippen LogP contribution in [0.3, 0.4) is 0 Å². The largest absolute Gasteiger partial charge is 0.359 e. The summed E-state index contributed by atoms with van der Waals surface area (Å²) in [7, 11) is 1.87. The molecule has 0 saturated heterocycles. The molecule has 0 aliphatic carbocycles. The molecule has 1 N–H and O–H groups in total. The van der Waals surface area contributed by atoms with Crippen LogP contribution in [-0.4, -0.2) is 12.8 Å². The zero-order valence-electron chi connectivity index (χ0n) is 11.9. The van der Waals surface area contributed by atoms with Gasteiger partial charge in [0.05, 0.1) is 0 Å². The molecule has 0 aromatic heterocycles. The van der Waals surface area contributed by atoms with Gasteiger partial charge in [-0.05, 0) is 37.5 Å². The van der Waals surface area contributed by atoms with E-state index in [1.165, 1.54) is 12.8 Å². The van der Waals surface area contributed by atoms with Crippen molar-refractivity contribution in [3.8, 4) is 0 Å². The smallest absolute Gasteiger partial charge is 0.0390 e. The van der Waals surface area contributed by atoms with E-state index in [-0.39, 0.29) is 0 Å². The lowest BCUT2D eigenvalue weighted by atomic mass is 9.99. The first kappa shape index (κ1) is 14.5. The molecule has 1 aromatic carbocycles. The van der Waals surface area contributed by atoms with E-state index in [1.54, 1.807) is 0 Å². The average molecular weight is 244 g/mol. The van der Waals surface area contributed by atoms with E-state index < -0.39 is 0 Å². The van der Waals surface area contributed by atoms with Gasteiger partial charge in [0.25, 0.3) is 0 Å². The summed E-state index contributed by atoms with van der Waals surface area (Å²) in [6.45, 7) is 6.53. The number of hydrogen-bond acceptors (Lipinski definition) is 2. The second-order valence-corrected chi connectivity index (χ2v) is 4.66. The number of anilines is 1. The van der Waals surface area contributed by atoms with E-state index in [9.17, 15) is 0 Å². The predicted molar refractivity (Wildman–Crippen MR) is 81.3 cm³/mol. The molecule has 0 heterocycles. The minimum absolute atomic E-state index is 0.521. The van der Waals surface area contributed by atoms with E-state index in [0.717, 1.165) is 17.1 Å². The Labute approximate surface area is 111 Å². The van der Waals surface area contributed by atoms with E-state index in [1.807, 2.05) is 25.2 Å². The topological polar surface area (TPSA) is 24.4 Å². The molecule has 18 heavy (non-hydrogen) atoms. The average Bonchev–Trinajstić information content (AvgIpc) is 2.37. The highest BCUT2D eigenvalue weighted by atomic mass is 14.9. The summed E-state index contributed by atoms with van der Waals surface area (Å²) in [6, 6.07) is 10.2. The van der Waals surface area contributed by atoms with Crippen LogP contribution in [0.5, 0.6) is 0 Å². The van der Waals surface area contributed by atoms with Crippen LogP contribution in [0.25, 0.3) is 0 Å². The fourth-order valence-corrected chi connectivity index (χ4v) is 2.02. The van der Waals surface area contributed by atoms with Gasteiger partial charge in [-0.25, -0.2) is 0 Å². The normalized spacial score (nSPS) is 14.4. The molecular formula is C16H24N2. The standard InChI is InChI=1S/C16H24N2/c1-5-9-13(2)16(17-4)12-14(3)18-15-10-7-6-8-11-15/h6-8,10-13,18H,5,9H2,1-4H3/b14-12+,17-16?. The Morgan fingerprint density at radius 1 is 1.33 bits per heavy atom. The Bertz CT molecular complexity index is 404. The lowest BCUT2D eigenvalue weighted by Crippen LogP contribution is -2.10. The van der Waals surface area contributed by atoms with Gasteiger partial charge in [-0.3, -0.25) is 4.99 Å². The quantitative estimate of drug-likeness (QED) is 0.731. The van der Waals surface area contributed by atoms with Gasteiger partial charge in [0.2, 0.25) is 0 Å². The third-order valence-electron chi connectivity index (χ3n) is 2.96. The molecule has 0 amide bonds. The Morgan fingerprint density at radius 2 is 2.00 bits per heavy atom. The van der Waals surface area contributed by atoms with Crippen LogP contribution in [0.1, 0.15) is 33.6 Å². The van der Waals surface area contributed by atoms with Crippen LogP contribution < -0.4 is 5.32 Å². The second-order valence-electron chi connectivity index (χ2n) is 4.66. The summed E-state index contributed by atoms with van der Waals surface area (Å²) in [5.41, 5.74) is 3.41. The highest BCUT2D eigenvalue weighted by molar-refractivity contribution is 5.97. The zero-order chi connectivity index (χ0) is 13.4. The Morgan fingerprint density at radius 3 is 2.56 bits per heavy atom. The summed E-state index contributed by atoms with van der Waals surface area (Å²) in [5, 5.41) is 3.38. The molecule has 98 valence electrons. The molecule has 2 nitrogen and oxygen atoms in total. The molecule has 0 fully saturated rings. The summed E-state index contributed by atoms with van der Waals surface area (Å²) < 4.78 is 0. The molecular weight excluding hydrogens is 220 g/mol. The van der Waals surface area contributed by atoms with Crippen molar-refractivity contribution in [2.75, 3.05) is 12.4 Å². The number of nitrogens with zero attached hydrogens (tertiary/aromatic N) is 1. The maximum atomic E-state index is 4.39. The molecule has 1 aromatic rings. The number of aliphatic imine (C=N–C) groups is 1. The Hall–Kier alpha value is -1.57. The fraction of sp³-hybridized carbons (Fsp3) is 0.438. The van der Waals surface area contributed by atoms with Crippen LogP contribution in [0, 0.1) is 5.92 Å². The second kappa shape index (κ2) is 7.70. The molecule has 0 bridgehead atoms. The van der Waals surface area contributed by atoms with Crippen molar-refractivity contribution in [2.45, 2.75) is 33.6 Å². The van der Waals surface area contributed by atoms with E-state index in [0.29, 0.717) is 5.92 Å². The molecule has 1 unspecified atom stereocenters. The molecule has 2 heteroatoms. The number of para-hydroxylation sites is 1. The van der Waals surface area contributed by atoms with Crippen LogP contribution >= 0.6 is 0 Å². The molecule has 0 radical (unpaired) electrons. The van der Waals surface area contributed by atoms with E-state index >= 15 is 0 Å². The minimum Gasteiger partial charge on any atom is -0.359 e. The zero-order valence-corrected chi connectivity index (χ0v) is 11.9. The third-order valence-corrected chi connectivity index (χ3v) is 2.96. The van der Waals surface area contributed by atoms with Gasteiger partial charge in [-0.15, -0.1) is 0 Å². The predicted octanol–water partition coefficient (Wildman–Crippen LogP) is 4.51. The molecule has 0 saturated carbocycles. The maximum Gasteiger partial charge on any atom is 0.0390 e. The van der Waals surface area contributed by atoms with Gasteiger partial charge in [-0.2, -0.15) is 0 Å². The third kappa shape index (κ3) is 4.74. The number of nitrogens with one attached hydrogen (secondary N) is 1. The van der Waals surface area contributed by atoms with Gasteiger partial charge in [0, 0.05) is 24.1 Å². The van der Waals surface area contributed by atoms with Crippen molar-refractivity contribution >= 4 is 11.4 Å². The van der Waals surface area contributed by atoms with Crippen molar-refractivity contribution in [3.63, 3.8) is 0 Å². The lowest BCUT2D eigenvalue weighted by molar-refractivity contribution is 0.667. The Balaban J connectivity index is 2.69. The number of rotatable bonds is 6. The first-order valence-electron chi connectivity index (χ1n) is 6.64. The maximum absolute atomic E-state index is 4.39. The summed E-state index contributed by atoms with van der Waals surface area (Å²) in [4.78, 5) is 4.39. The van der Waals surface area contributed by atoms with Crippen LogP contribution in [-0.2, 0) is 0 Å². The van der Waals surface area contributed by atoms with Crippen molar-refractivity contribution in [1.82, 2.24) is 0 Å². The van der Waals surface area contributed by atoms with Gasteiger partial charge in [0.15, 0.2) is 0 Å². The molecule has 1 atom stereocenters. The lowest BCUT2D eigenvalue weighted by Gasteiger charge is -2.12. The van der Waals surface area contributed by atoms with Crippen molar-refractivity contribution in [3.05, 3.63) is 42.1 Å². The summed E-state index contributed by atoms with van der Waals surface area (Å²) in [5.74, 6) is 0.521. The first-order valence-corrected chi connectivity index (χ1v) is 6.64. The van der Waals surface area contributed by atoms with E-state index in [4.69, 9.17) is 0 Å². The monoisotopic (exact) mass is 244 g/mol. The first-order chi connectivity index (χ1) is 8.67. The molecule has 0 aliphatic heterocycles. The van der Waals surface area contributed by atoms with Crippen molar-refractivity contribution in [2.24, 2.45) is 10.9 Å². The van der Waals surface area contributed by atoms with Crippen LogP contribution in [0.4, 0.5) is 5.69 Å². The highest BCUT2D eigenvalue weighted by Crippen LogP contribution is 2.12. The number of hydrogen-bond donors (Lipinski definition) is 1. The van der Waals surface area contributed by atoms with Crippen molar-refractivity contribution in [1.29, 1.82) is 0 Å². The Kier molecular flexibility index (Phi) is 6.20. The van der Waals surface area contributed by atoms with Crippen LogP contribution in [0.2, 0.25) is 0 Å². The fourth-order valence-electron chi connectivity index (χ4n) is 2.02. The molecule has 0 aliphatic rings. The van der Waals surface area contributed by atoms with Gasteiger partial charge in [0.1, 0.15) is 0 Å². The number of allylic oxidation sites excluding steroid dienone is 2.